The number of nitrogens with one attached hydrogen (secondary N) is 1. The van der Waals surface area contributed by atoms with Crippen molar-refractivity contribution in [2.75, 3.05) is 26.7 Å². The first-order valence-electron chi connectivity index (χ1n) is 7.80. The summed E-state index contributed by atoms with van der Waals surface area (Å²) >= 11 is 0. The van der Waals surface area contributed by atoms with E-state index in [1.807, 2.05) is 6.92 Å². The Hall–Kier alpha value is -0.610. The molecule has 1 unspecified atom stereocenters. The van der Waals surface area contributed by atoms with Gasteiger partial charge in [0, 0.05) is 12.6 Å². The van der Waals surface area contributed by atoms with E-state index in [-0.39, 0.29) is 5.97 Å². The summed E-state index contributed by atoms with van der Waals surface area (Å²) in [6.07, 6.45) is 7.83. The molecule has 4 nitrogen and oxygen atoms in total. The summed E-state index contributed by atoms with van der Waals surface area (Å²) in [5.74, 6) is -0.0304. The van der Waals surface area contributed by atoms with E-state index < -0.39 is 5.54 Å². The van der Waals surface area contributed by atoms with Crippen LogP contribution in [0, 0.1) is 0 Å². The van der Waals surface area contributed by atoms with Gasteiger partial charge in [0.25, 0.3) is 0 Å². The lowest BCUT2D eigenvalue weighted by Gasteiger charge is -2.34. The minimum Gasteiger partial charge on any atom is -0.465 e. The van der Waals surface area contributed by atoms with Gasteiger partial charge in [-0.3, -0.25) is 10.1 Å². The molecule has 0 spiro atoms. The molecule has 1 saturated carbocycles. The van der Waals surface area contributed by atoms with Crippen molar-refractivity contribution in [1.82, 2.24) is 10.2 Å². The lowest BCUT2D eigenvalue weighted by atomic mass is 9.89. The molecular weight excluding hydrogens is 240 g/mol. The van der Waals surface area contributed by atoms with E-state index in [4.69, 9.17) is 4.74 Å². The SMILES string of the molecule is CCOC(=O)C1(NC2CCCC2)CCCN(C)CC1. The number of esters is 1. The summed E-state index contributed by atoms with van der Waals surface area (Å²) < 4.78 is 5.37. The van der Waals surface area contributed by atoms with Crippen LogP contribution in [0.2, 0.25) is 0 Å². The fraction of sp³-hybridized carbons (Fsp3) is 0.933. The molecular formula is C15H28N2O2. The zero-order valence-corrected chi connectivity index (χ0v) is 12.4. The van der Waals surface area contributed by atoms with Crippen LogP contribution < -0.4 is 5.32 Å². The van der Waals surface area contributed by atoms with Crippen LogP contribution >= 0.6 is 0 Å². The zero-order valence-electron chi connectivity index (χ0n) is 12.4. The standard InChI is InChI=1S/C15H28N2O2/c1-3-19-14(18)15(16-13-7-4-5-8-13)9-6-11-17(2)12-10-15/h13,16H,3-12H2,1-2H3. The summed E-state index contributed by atoms with van der Waals surface area (Å²) in [6.45, 7) is 4.42. The molecule has 0 aromatic rings. The van der Waals surface area contributed by atoms with Gasteiger partial charge in [0.2, 0.25) is 0 Å². The number of nitrogens with zero attached hydrogens (tertiary/aromatic N) is 1. The van der Waals surface area contributed by atoms with Crippen molar-refractivity contribution in [3.05, 3.63) is 0 Å². The first-order chi connectivity index (χ1) is 9.16. The van der Waals surface area contributed by atoms with Crippen LogP contribution in [0.15, 0.2) is 0 Å². The quantitative estimate of drug-likeness (QED) is 0.791. The average molecular weight is 268 g/mol. The minimum absolute atomic E-state index is 0.0304. The topological polar surface area (TPSA) is 41.6 Å². The maximum atomic E-state index is 12.5. The number of carbonyl (C=O) groups excluding carboxylic acids is 1. The molecule has 1 atom stereocenters. The molecule has 110 valence electrons. The van der Waals surface area contributed by atoms with E-state index in [1.165, 1.54) is 25.7 Å². The number of rotatable bonds is 4. The Morgan fingerprint density at radius 1 is 1.26 bits per heavy atom. The van der Waals surface area contributed by atoms with E-state index in [0.29, 0.717) is 12.6 Å². The van der Waals surface area contributed by atoms with E-state index in [1.54, 1.807) is 0 Å². The van der Waals surface area contributed by atoms with Crippen molar-refractivity contribution in [1.29, 1.82) is 0 Å². The fourth-order valence-corrected chi connectivity index (χ4v) is 3.41. The molecule has 0 radical (unpaired) electrons. The van der Waals surface area contributed by atoms with Gasteiger partial charge in [-0.1, -0.05) is 12.8 Å². The maximum Gasteiger partial charge on any atom is 0.326 e. The second kappa shape index (κ2) is 6.71. The van der Waals surface area contributed by atoms with Gasteiger partial charge >= 0.3 is 5.97 Å². The smallest absolute Gasteiger partial charge is 0.326 e. The van der Waals surface area contributed by atoms with Crippen molar-refractivity contribution in [2.24, 2.45) is 0 Å². The molecule has 2 rings (SSSR count). The molecule has 4 heteroatoms. The van der Waals surface area contributed by atoms with E-state index in [0.717, 1.165) is 32.4 Å². The summed E-state index contributed by atoms with van der Waals surface area (Å²) in [6, 6.07) is 0.507. The van der Waals surface area contributed by atoms with Crippen molar-refractivity contribution >= 4 is 5.97 Å². The fourth-order valence-electron chi connectivity index (χ4n) is 3.41. The monoisotopic (exact) mass is 268 g/mol. The van der Waals surface area contributed by atoms with Gasteiger partial charge in [-0.05, 0) is 52.6 Å². The van der Waals surface area contributed by atoms with Crippen molar-refractivity contribution < 1.29 is 9.53 Å². The lowest BCUT2D eigenvalue weighted by molar-refractivity contribution is -0.152. The van der Waals surface area contributed by atoms with Gasteiger partial charge in [-0.2, -0.15) is 0 Å². The van der Waals surface area contributed by atoms with Crippen LogP contribution in [0.1, 0.15) is 51.9 Å². The first-order valence-corrected chi connectivity index (χ1v) is 7.80. The molecule has 1 heterocycles. The van der Waals surface area contributed by atoms with Gasteiger partial charge < -0.3 is 9.64 Å². The van der Waals surface area contributed by atoms with Gasteiger partial charge in [0.1, 0.15) is 5.54 Å². The highest BCUT2D eigenvalue weighted by molar-refractivity contribution is 5.81. The normalized spacial score (nSPS) is 30.2. The molecule has 1 aliphatic carbocycles. The first kappa shape index (κ1) is 14.8. The third-order valence-electron chi connectivity index (χ3n) is 4.57. The lowest BCUT2D eigenvalue weighted by Crippen LogP contribution is -2.56. The van der Waals surface area contributed by atoms with Crippen LogP contribution in [0.4, 0.5) is 0 Å². The number of likely N-dealkylation sites (tertiary alicyclic amines) is 1. The number of hydrogen-bond donors (Lipinski definition) is 1. The Bertz CT molecular complexity index is 303. The molecule has 19 heavy (non-hydrogen) atoms. The van der Waals surface area contributed by atoms with E-state index >= 15 is 0 Å². The molecule has 0 aromatic heterocycles. The van der Waals surface area contributed by atoms with Gasteiger partial charge in [-0.15, -0.1) is 0 Å². The van der Waals surface area contributed by atoms with Crippen molar-refractivity contribution in [2.45, 2.75) is 63.5 Å². The summed E-state index contributed by atoms with van der Waals surface area (Å²) in [7, 11) is 2.14. The Kier molecular flexibility index (Phi) is 5.22. The summed E-state index contributed by atoms with van der Waals surface area (Å²) in [5, 5.41) is 3.68. The Morgan fingerprint density at radius 3 is 2.68 bits per heavy atom. The van der Waals surface area contributed by atoms with Gasteiger partial charge in [0.05, 0.1) is 6.61 Å². The predicted octanol–water partition coefficient (Wildman–Crippen LogP) is 1.94. The van der Waals surface area contributed by atoms with E-state index in [9.17, 15) is 4.79 Å². The second-order valence-electron chi connectivity index (χ2n) is 6.09. The van der Waals surface area contributed by atoms with Crippen molar-refractivity contribution in [3.63, 3.8) is 0 Å². The van der Waals surface area contributed by atoms with Gasteiger partial charge in [-0.25, -0.2) is 0 Å². The third-order valence-corrected chi connectivity index (χ3v) is 4.57. The highest BCUT2D eigenvalue weighted by Gasteiger charge is 2.42. The Morgan fingerprint density at radius 2 is 2.00 bits per heavy atom. The van der Waals surface area contributed by atoms with Crippen LogP contribution in [0.3, 0.4) is 0 Å². The maximum absolute atomic E-state index is 12.5. The second-order valence-corrected chi connectivity index (χ2v) is 6.09. The molecule has 1 N–H and O–H groups in total. The highest BCUT2D eigenvalue weighted by Crippen LogP contribution is 2.28. The van der Waals surface area contributed by atoms with Crippen LogP contribution in [-0.4, -0.2) is 49.2 Å². The molecule has 0 aromatic carbocycles. The number of hydrogen-bond acceptors (Lipinski definition) is 4. The summed E-state index contributed by atoms with van der Waals surface area (Å²) in [5.41, 5.74) is -0.435. The zero-order chi connectivity index (χ0) is 13.7. The van der Waals surface area contributed by atoms with Crippen LogP contribution in [0.5, 0.6) is 0 Å². The molecule has 0 bridgehead atoms. The van der Waals surface area contributed by atoms with E-state index in [2.05, 4.69) is 17.3 Å². The predicted molar refractivity (Wildman–Crippen MR) is 76.1 cm³/mol. The molecule has 0 amide bonds. The van der Waals surface area contributed by atoms with Crippen molar-refractivity contribution in [3.8, 4) is 0 Å². The molecule has 2 aliphatic rings. The van der Waals surface area contributed by atoms with Crippen LogP contribution in [0.25, 0.3) is 0 Å². The van der Waals surface area contributed by atoms with Gasteiger partial charge in [0.15, 0.2) is 0 Å². The molecule has 1 aliphatic heterocycles. The Labute approximate surface area is 116 Å². The largest absolute Gasteiger partial charge is 0.465 e. The molecule has 1 saturated heterocycles. The molecule has 2 fully saturated rings. The Balaban J connectivity index is 2.08. The minimum atomic E-state index is -0.435. The highest BCUT2D eigenvalue weighted by atomic mass is 16.5. The summed E-state index contributed by atoms with van der Waals surface area (Å²) in [4.78, 5) is 14.8. The number of ether oxygens (including phenoxy) is 1. The average Bonchev–Trinajstić information content (AvgIpc) is 2.81. The third kappa shape index (κ3) is 3.69. The van der Waals surface area contributed by atoms with Crippen LogP contribution in [-0.2, 0) is 9.53 Å². The number of carbonyl (C=O) groups is 1.